The third-order valence-electron chi connectivity index (χ3n) is 5.55. The molecule has 2 fully saturated rings. The molecule has 0 spiro atoms. The first-order valence-electron chi connectivity index (χ1n) is 9.58. The van der Waals surface area contributed by atoms with E-state index >= 15 is 0 Å². The maximum atomic E-state index is 6.40. The lowest BCUT2D eigenvalue weighted by Crippen LogP contribution is -2.37. The minimum absolute atomic E-state index is 0.277. The number of rotatable bonds is 6. The first-order valence-corrected chi connectivity index (χ1v) is 9.58. The van der Waals surface area contributed by atoms with Gasteiger partial charge in [-0.1, -0.05) is 16.4 Å². The molecule has 0 amide bonds. The molecule has 5 rings (SSSR count). The molecule has 136 valence electrons. The second-order valence-electron chi connectivity index (χ2n) is 7.59. The second-order valence-corrected chi connectivity index (χ2v) is 7.59. The molecule has 3 aromatic rings. The number of ether oxygens (including phenoxy) is 1. The van der Waals surface area contributed by atoms with Crippen molar-refractivity contribution in [2.45, 2.75) is 44.9 Å². The van der Waals surface area contributed by atoms with Crippen LogP contribution in [0.4, 0.5) is 0 Å². The van der Waals surface area contributed by atoms with Crippen molar-refractivity contribution in [1.82, 2.24) is 19.8 Å². The monoisotopic (exact) mass is 352 g/mol. The standard InChI is InChI=1S/C20H24N4O2/c1-2-19-18(8-11-24(19)13-15-4-5-15)20(3-1)25-17-6-9-23(10-7-17)14-16-12-21-26-22-16/h1-3,8,11-12,15,17H,4-7,9-10,13-14H2. The Morgan fingerprint density at radius 2 is 2.00 bits per heavy atom. The number of piperidine rings is 1. The summed E-state index contributed by atoms with van der Waals surface area (Å²) < 4.78 is 13.5. The molecule has 1 aromatic carbocycles. The predicted octanol–water partition coefficient (Wildman–Crippen LogP) is 3.48. The van der Waals surface area contributed by atoms with E-state index in [9.17, 15) is 0 Å². The molecule has 1 saturated heterocycles. The molecule has 6 heteroatoms. The first-order chi connectivity index (χ1) is 12.8. The summed E-state index contributed by atoms with van der Waals surface area (Å²) in [4.78, 5) is 2.38. The molecular formula is C20H24N4O2. The highest BCUT2D eigenvalue weighted by Gasteiger charge is 2.24. The van der Waals surface area contributed by atoms with E-state index in [-0.39, 0.29) is 6.10 Å². The zero-order chi connectivity index (χ0) is 17.3. The van der Waals surface area contributed by atoms with E-state index in [1.165, 1.54) is 23.7 Å². The molecule has 3 heterocycles. The molecule has 0 unspecified atom stereocenters. The lowest BCUT2D eigenvalue weighted by Gasteiger charge is -2.31. The van der Waals surface area contributed by atoms with Crippen LogP contribution in [0, 0.1) is 5.92 Å². The van der Waals surface area contributed by atoms with Gasteiger partial charge in [0.25, 0.3) is 0 Å². The normalized spacial score (nSPS) is 19.2. The summed E-state index contributed by atoms with van der Waals surface area (Å²) in [6, 6.07) is 8.64. The Kier molecular flexibility index (Phi) is 4.13. The summed E-state index contributed by atoms with van der Waals surface area (Å²) in [5, 5.41) is 8.81. The Bertz CT molecular complexity index is 861. The van der Waals surface area contributed by atoms with Crippen LogP contribution in [-0.4, -0.2) is 39.0 Å². The van der Waals surface area contributed by atoms with Gasteiger partial charge >= 0.3 is 0 Å². The topological polar surface area (TPSA) is 56.3 Å². The Morgan fingerprint density at radius 3 is 2.77 bits per heavy atom. The van der Waals surface area contributed by atoms with Crippen molar-refractivity contribution in [2.24, 2.45) is 5.92 Å². The van der Waals surface area contributed by atoms with Crippen LogP contribution < -0.4 is 4.74 Å². The van der Waals surface area contributed by atoms with Gasteiger partial charge in [0.2, 0.25) is 0 Å². The van der Waals surface area contributed by atoms with Gasteiger partial charge in [0.05, 0.1) is 11.7 Å². The fraction of sp³-hybridized carbons (Fsp3) is 0.500. The van der Waals surface area contributed by atoms with E-state index in [0.717, 1.165) is 56.4 Å². The smallest absolute Gasteiger partial charge is 0.129 e. The molecular weight excluding hydrogens is 328 g/mol. The van der Waals surface area contributed by atoms with Gasteiger partial charge in [0.1, 0.15) is 17.5 Å². The summed E-state index contributed by atoms with van der Waals surface area (Å²) in [7, 11) is 0. The summed E-state index contributed by atoms with van der Waals surface area (Å²) in [5.74, 6) is 1.90. The van der Waals surface area contributed by atoms with E-state index in [1.54, 1.807) is 6.20 Å². The van der Waals surface area contributed by atoms with Crippen molar-refractivity contribution in [3.8, 4) is 5.75 Å². The van der Waals surface area contributed by atoms with Crippen LogP contribution >= 0.6 is 0 Å². The van der Waals surface area contributed by atoms with Crippen molar-refractivity contribution < 1.29 is 9.37 Å². The Labute approximate surface area is 152 Å². The van der Waals surface area contributed by atoms with E-state index in [2.05, 4.69) is 54.9 Å². The fourth-order valence-electron chi connectivity index (χ4n) is 3.88. The predicted molar refractivity (Wildman–Crippen MR) is 97.9 cm³/mol. The summed E-state index contributed by atoms with van der Waals surface area (Å²) in [5.41, 5.74) is 2.19. The van der Waals surface area contributed by atoms with Crippen LogP contribution in [0.2, 0.25) is 0 Å². The molecule has 0 N–H and O–H groups in total. The van der Waals surface area contributed by atoms with Gasteiger partial charge in [-0.25, -0.2) is 4.63 Å². The number of fused-ring (bicyclic) bond motifs is 1. The van der Waals surface area contributed by atoms with Crippen LogP contribution in [-0.2, 0) is 13.1 Å². The molecule has 0 atom stereocenters. The lowest BCUT2D eigenvalue weighted by atomic mass is 10.1. The highest BCUT2D eigenvalue weighted by molar-refractivity contribution is 5.86. The molecule has 1 saturated carbocycles. The van der Waals surface area contributed by atoms with E-state index in [1.807, 2.05) is 0 Å². The van der Waals surface area contributed by atoms with Crippen LogP contribution in [0.3, 0.4) is 0 Å². The Morgan fingerprint density at radius 1 is 1.12 bits per heavy atom. The molecule has 1 aliphatic heterocycles. The minimum atomic E-state index is 0.277. The Hall–Kier alpha value is -2.34. The van der Waals surface area contributed by atoms with Crippen molar-refractivity contribution in [1.29, 1.82) is 0 Å². The molecule has 26 heavy (non-hydrogen) atoms. The van der Waals surface area contributed by atoms with Crippen LogP contribution in [0.5, 0.6) is 5.75 Å². The number of hydrogen-bond acceptors (Lipinski definition) is 5. The van der Waals surface area contributed by atoms with Gasteiger partial charge < -0.3 is 9.30 Å². The second kappa shape index (κ2) is 6.76. The molecule has 1 aliphatic carbocycles. The Balaban J connectivity index is 1.23. The number of benzene rings is 1. The van der Waals surface area contributed by atoms with Crippen LogP contribution in [0.15, 0.2) is 41.3 Å². The maximum absolute atomic E-state index is 6.40. The van der Waals surface area contributed by atoms with Gasteiger partial charge in [-0.05, 0) is 49.8 Å². The summed E-state index contributed by atoms with van der Waals surface area (Å²) in [6.45, 7) is 3.96. The van der Waals surface area contributed by atoms with Crippen molar-refractivity contribution >= 4 is 10.9 Å². The molecule has 6 nitrogen and oxygen atoms in total. The first kappa shape index (κ1) is 15.9. The number of likely N-dealkylation sites (tertiary alicyclic amines) is 1. The molecule has 0 radical (unpaired) electrons. The molecule has 0 bridgehead atoms. The zero-order valence-corrected chi connectivity index (χ0v) is 14.9. The van der Waals surface area contributed by atoms with E-state index < -0.39 is 0 Å². The van der Waals surface area contributed by atoms with Gasteiger partial charge in [0, 0.05) is 37.8 Å². The van der Waals surface area contributed by atoms with E-state index in [4.69, 9.17) is 4.74 Å². The van der Waals surface area contributed by atoms with Gasteiger partial charge in [-0.3, -0.25) is 4.90 Å². The fourth-order valence-corrected chi connectivity index (χ4v) is 3.88. The van der Waals surface area contributed by atoms with Crippen molar-refractivity contribution in [2.75, 3.05) is 13.1 Å². The van der Waals surface area contributed by atoms with Crippen molar-refractivity contribution in [3.05, 3.63) is 42.4 Å². The lowest BCUT2D eigenvalue weighted by molar-refractivity contribution is 0.0965. The SMILES string of the molecule is c1cc(OC2CCN(Cc3cnon3)CC2)c2ccn(CC3CC3)c2c1. The van der Waals surface area contributed by atoms with Gasteiger partial charge in [0.15, 0.2) is 0 Å². The summed E-state index contributed by atoms with van der Waals surface area (Å²) >= 11 is 0. The van der Waals surface area contributed by atoms with Crippen LogP contribution in [0.1, 0.15) is 31.4 Å². The molecule has 2 aliphatic rings. The average Bonchev–Trinajstić information content (AvgIpc) is 3.15. The number of hydrogen-bond donors (Lipinski definition) is 0. The third-order valence-corrected chi connectivity index (χ3v) is 5.55. The highest BCUT2D eigenvalue weighted by atomic mass is 16.6. The highest BCUT2D eigenvalue weighted by Crippen LogP contribution is 2.34. The largest absolute Gasteiger partial charge is 0.490 e. The quantitative estimate of drug-likeness (QED) is 0.680. The average molecular weight is 352 g/mol. The zero-order valence-electron chi connectivity index (χ0n) is 14.9. The van der Waals surface area contributed by atoms with Gasteiger partial charge in [-0.2, -0.15) is 0 Å². The minimum Gasteiger partial charge on any atom is -0.490 e. The summed E-state index contributed by atoms with van der Waals surface area (Å²) in [6.07, 6.45) is 8.99. The number of nitrogens with zero attached hydrogens (tertiary/aromatic N) is 4. The van der Waals surface area contributed by atoms with Crippen LogP contribution in [0.25, 0.3) is 10.9 Å². The third kappa shape index (κ3) is 3.33. The number of aromatic nitrogens is 3. The van der Waals surface area contributed by atoms with Crippen molar-refractivity contribution in [3.63, 3.8) is 0 Å². The van der Waals surface area contributed by atoms with E-state index in [0.29, 0.717) is 0 Å². The molecule has 2 aromatic heterocycles. The van der Waals surface area contributed by atoms with Gasteiger partial charge in [-0.15, -0.1) is 0 Å². The maximum Gasteiger partial charge on any atom is 0.129 e.